The summed E-state index contributed by atoms with van der Waals surface area (Å²) in [6.07, 6.45) is 0.942. The average Bonchev–Trinajstić information content (AvgIpc) is 2.79. The van der Waals surface area contributed by atoms with Crippen LogP contribution in [0.2, 0.25) is 0 Å². The molecule has 0 bridgehead atoms. The van der Waals surface area contributed by atoms with Gasteiger partial charge in [0.2, 0.25) is 0 Å². The van der Waals surface area contributed by atoms with Crippen LogP contribution in [-0.2, 0) is 16.6 Å². The van der Waals surface area contributed by atoms with Gasteiger partial charge in [0.1, 0.15) is 17.5 Å². The van der Waals surface area contributed by atoms with Crippen LogP contribution in [0.3, 0.4) is 0 Å². The van der Waals surface area contributed by atoms with E-state index in [4.69, 9.17) is 0 Å². The third kappa shape index (κ3) is 5.07. The van der Waals surface area contributed by atoms with Crippen molar-refractivity contribution in [2.24, 2.45) is 0 Å². The van der Waals surface area contributed by atoms with E-state index in [1.54, 1.807) is 24.3 Å². The van der Waals surface area contributed by atoms with Gasteiger partial charge in [0.25, 0.3) is 10.0 Å². The average molecular weight is 475 g/mol. The van der Waals surface area contributed by atoms with E-state index in [9.17, 15) is 21.6 Å². The molecule has 33 heavy (non-hydrogen) atoms. The summed E-state index contributed by atoms with van der Waals surface area (Å²) in [5.41, 5.74) is 1.34. The van der Waals surface area contributed by atoms with Gasteiger partial charge in [0.15, 0.2) is 0 Å². The van der Waals surface area contributed by atoms with Gasteiger partial charge in [-0.25, -0.2) is 21.6 Å². The van der Waals surface area contributed by atoms with Crippen LogP contribution >= 0.6 is 0 Å². The molecule has 1 aliphatic heterocycles. The van der Waals surface area contributed by atoms with Crippen molar-refractivity contribution in [1.82, 2.24) is 4.90 Å². The Bertz CT molecular complexity index is 1190. The molecule has 3 aromatic carbocycles. The summed E-state index contributed by atoms with van der Waals surface area (Å²) in [6, 6.07) is 15.4. The summed E-state index contributed by atoms with van der Waals surface area (Å²) in [5.74, 6) is -1.63. The van der Waals surface area contributed by atoms with Crippen molar-refractivity contribution in [3.05, 3.63) is 95.3 Å². The first-order valence-corrected chi connectivity index (χ1v) is 12.2. The number of nitrogens with zero attached hydrogens (tertiary/aromatic N) is 2. The van der Waals surface area contributed by atoms with Crippen molar-refractivity contribution in [2.75, 3.05) is 17.4 Å². The first-order valence-electron chi connectivity index (χ1n) is 10.8. The third-order valence-electron chi connectivity index (χ3n) is 5.99. The standard InChI is InChI=1S/C25H25F3N2O2S/c1-18-5-11-22(12-6-18)33(31,32)30(20-9-7-19(26)8-10-20)21-13-15-29(16-14-21)17-23-24(27)3-2-4-25(23)28/h2-12,21H,13-17H2,1H3. The fourth-order valence-corrected chi connectivity index (χ4v) is 5.89. The molecule has 1 fully saturated rings. The Morgan fingerprint density at radius 3 is 2.03 bits per heavy atom. The molecule has 0 amide bonds. The molecule has 8 heteroatoms. The maximum atomic E-state index is 14.1. The van der Waals surface area contributed by atoms with Crippen LogP contribution in [0.25, 0.3) is 0 Å². The first kappa shape index (κ1) is 23.3. The highest BCUT2D eigenvalue weighted by molar-refractivity contribution is 7.92. The number of anilines is 1. The Labute approximate surface area is 192 Å². The molecule has 0 aromatic heterocycles. The number of piperidine rings is 1. The van der Waals surface area contributed by atoms with Crippen LogP contribution in [0, 0.1) is 24.4 Å². The van der Waals surface area contributed by atoms with Gasteiger partial charge in [-0.05, 0) is 68.3 Å². The zero-order valence-electron chi connectivity index (χ0n) is 18.2. The molecule has 0 unspecified atom stereocenters. The Hall–Kier alpha value is -2.84. The first-order chi connectivity index (χ1) is 15.8. The fourth-order valence-electron chi connectivity index (χ4n) is 4.18. The van der Waals surface area contributed by atoms with Gasteiger partial charge in [-0.1, -0.05) is 23.8 Å². The van der Waals surface area contributed by atoms with E-state index in [1.807, 2.05) is 11.8 Å². The number of likely N-dealkylation sites (tertiary alicyclic amines) is 1. The third-order valence-corrected chi connectivity index (χ3v) is 7.89. The summed E-state index contributed by atoms with van der Waals surface area (Å²) >= 11 is 0. The molecule has 1 aliphatic rings. The molecule has 4 rings (SSSR count). The number of aryl methyl sites for hydroxylation is 1. The summed E-state index contributed by atoms with van der Waals surface area (Å²) in [4.78, 5) is 2.08. The van der Waals surface area contributed by atoms with Crippen molar-refractivity contribution in [1.29, 1.82) is 0 Å². The smallest absolute Gasteiger partial charge is 0.264 e. The number of rotatable bonds is 6. The van der Waals surface area contributed by atoms with Crippen LogP contribution in [-0.4, -0.2) is 32.4 Å². The summed E-state index contributed by atoms with van der Waals surface area (Å²) < 4.78 is 70.2. The fraction of sp³-hybridized carbons (Fsp3) is 0.280. The van der Waals surface area contributed by atoms with Gasteiger partial charge in [-0.3, -0.25) is 9.21 Å². The van der Waals surface area contributed by atoms with Crippen LogP contribution in [0.4, 0.5) is 18.9 Å². The molecule has 4 nitrogen and oxygen atoms in total. The van der Waals surface area contributed by atoms with E-state index in [1.165, 1.54) is 46.8 Å². The molecule has 0 N–H and O–H groups in total. The molecular weight excluding hydrogens is 449 g/mol. The quantitative estimate of drug-likeness (QED) is 0.489. The highest BCUT2D eigenvalue weighted by atomic mass is 32.2. The molecule has 1 heterocycles. The minimum absolute atomic E-state index is 0.0126. The number of hydrogen-bond acceptors (Lipinski definition) is 3. The van der Waals surface area contributed by atoms with Crippen molar-refractivity contribution in [3.8, 4) is 0 Å². The van der Waals surface area contributed by atoms with Crippen molar-refractivity contribution in [2.45, 2.75) is 37.2 Å². The second kappa shape index (κ2) is 9.57. The van der Waals surface area contributed by atoms with Gasteiger partial charge < -0.3 is 0 Å². The zero-order valence-corrected chi connectivity index (χ0v) is 19.0. The molecular formula is C25H25F3N2O2S. The van der Waals surface area contributed by atoms with Gasteiger partial charge in [0.05, 0.1) is 10.6 Å². The highest BCUT2D eigenvalue weighted by Crippen LogP contribution is 2.31. The number of halogens is 3. The van der Waals surface area contributed by atoms with E-state index >= 15 is 0 Å². The van der Waals surface area contributed by atoms with Crippen molar-refractivity contribution < 1.29 is 21.6 Å². The lowest BCUT2D eigenvalue weighted by Crippen LogP contribution is -2.47. The van der Waals surface area contributed by atoms with Crippen LogP contribution in [0.1, 0.15) is 24.0 Å². The molecule has 174 valence electrons. The maximum Gasteiger partial charge on any atom is 0.264 e. The second-order valence-corrected chi connectivity index (χ2v) is 10.1. The number of hydrogen-bond donors (Lipinski definition) is 0. The summed E-state index contributed by atoms with van der Waals surface area (Å²) in [5, 5.41) is 0. The zero-order chi connectivity index (χ0) is 23.6. The monoisotopic (exact) mass is 474 g/mol. The Morgan fingerprint density at radius 2 is 1.45 bits per heavy atom. The molecule has 0 saturated carbocycles. The molecule has 0 radical (unpaired) electrons. The second-order valence-electron chi connectivity index (χ2n) is 8.30. The molecule has 0 atom stereocenters. The van der Waals surface area contributed by atoms with E-state index in [0.717, 1.165) is 5.56 Å². The lowest BCUT2D eigenvalue weighted by atomic mass is 10.0. The van der Waals surface area contributed by atoms with Gasteiger partial charge in [0, 0.05) is 31.2 Å². The summed E-state index contributed by atoms with van der Waals surface area (Å²) in [6.45, 7) is 2.94. The Kier molecular flexibility index (Phi) is 6.76. The maximum absolute atomic E-state index is 14.1. The van der Waals surface area contributed by atoms with Crippen LogP contribution in [0.15, 0.2) is 71.6 Å². The SMILES string of the molecule is Cc1ccc(S(=O)(=O)N(c2ccc(F)cc2)C2CCN(Cc3c(F)cccc3F)CC2)cc1. The Morgan fingerprint density at radius 1 is 0.879 bits per heavy atom. The molecule has 0 spiro atoms. The minimum atomic E-state index is -3.90. The highest BCUT2D eigenvalue weighted by Gasteiger charge is 2.34. The number of sulfonamides is 1. The molecule has 1 saturated heterocycles. The normalized spacial score (nSPS) is 15.5. The minimum Gasteiger partial charge on any atom is -0.299 e. The van der Waals surface area contributed by atoms with Gasteiger partial charge >= 0.3 is 0 Å². The van der Waals surface area contributed by atoms with Crippen LogP contribution < -0.4 is 4.31 Å². The predicted molar refractivity (Wildman–Crippen MR) is 122 cm³/mol. The lowest BCUT2D eigenvalue weighted by Gasteiger charge is -2.39. The lowest BCUT2D eigenvalue weighted by molar-refractivity contribution is 0.202. The predicted octanol–water partition coefficient (Wildman–Crippen LogP) is 5.27. The number of benzene rings is 3. The topological polar surface area (TPSA) is 40.6 Å². The van der Waals surface area contributed by atoms with Crippen molar-refractivity contribution >= 4 is 15.7 Å². The molecule has 3 aromatic rings. The van der Waals surface area contributed by atoms with E-state index in [-0.39, 0.29) is 23.0 Å². The van der Waals surface area contributed by atoms with Crippen LogP contribution in [0.5, 0.6) is 0 Å². The largest absolute Gasteiger partial charge is 0.299 e. The van der Waals surface area contributed by atoms with E-state index in [2.05, 4.69) is 0 Å². The van der Waals surface area contributed by atoms with Crippen molar-refractivity contribution in [3.63, 3.8) is 0 Å². The summed E-state index contributed by atoms with van der Waals surface area (Å²) in [7, 11) is -3.90. The van der Waals surface area contributed by atoms with Gasteiger partial charge in [-0.15, -0.1) is 0 Å². The van der Waals surface area contributed by atoms with E-state index in [0.29, 0.717) is 31.6 Å². The Balaban J connectivity index is 1.58. The molecule has 0 aliphatic carbocycles. The van der Waals surface area contributed by atoms with E-state index < -0.39 is 27.5 Å². The van der Waals surface area contributed by atoms with Gasteiger partial charge in [-0.2, -0.15) is 0 Å².